The SMILES string of the molecule is COCCC(=O)N1CCC[C@@H]1c1nc(C)c2c(n1)N(CCc1ccccc1F)C(=O)C2. The van der Waals surface area contributed by atoms with E-state index in [9.17, 15) is 14.0 Å². The molecular formula is C23H27FN4O3. The summed E-state index contributed by atoms with van der Waals surface area (Å²) in [5.41, 5.74) is 2.15. The zero-order valence-corrected chi connectivity index (χ0v) is 17.9. The summed E-state index contributed by atoms with van der Waals surface area (Å²) in [5.74, 6) is 0.870. The van der Waals surface area contributed by atoms with Crippen molar-refractivity contribution in [2.75, 3.05) is 31.7 Å². The van der Waals surface area contributed by atoms with Gasteiger partial charge in [-0.2, -0.15) is 0 Å². The summed E-state index contributed by atoms with van der Waals surface area (Å²) in [6, 6.07) is 6.40. The van der Waals surface area contributed by atoms with Gasteiger partial charge in [0.15, 0.2) is 5.82 Å². The number of halogens is 1. The van der Waals surface area contributed by atoms with E-state index in [-0.39, 0.29) is 30.1 Å². The van der Waals surface area contributed by atoms with E-state index >= 15 is 0 Å². The largest absolute Gasteiger partial charge is 0.384 e. The molecule has 0 bridgehead atoms. The molecule has 0 saturated carbocycles. The molecule has 31 heavy (non-hydrogen) atoms. The average molecular weight is 426 g/mol. The van der Waals surface area contributed by atoms with Gasteiger partial charge in [-0.15, -0.1) is 0 Å². The van der Waals surface area contributed by atoms with Crippen molar-refractivity contribution in [3.8, 4) is 0 Å². The number of aryl methyl sites for hydroxylation is 1. The van der Waals surface area contributed by atoms with Gasteiger partial charge < -0.3 is 9.64 Å². The molecule has 2 amide bonds. The highest BCUT2D eigenvalue weighted by molar-refractivity contribution is 6.00. The Kier molecular flexibility index (Phi) is 6.27. The Morgan fingerprint density at radius 2 is 2.10 bits per heavy atom. The maximum absolute atomic E-state index is 14.0. The normalized spacial score (nSPS) is 18.0. The van der Waals surface area contributed by atoms with Crippen molar-refractivity contribution >= 4 is 17.6 Å². The van der Waals surface area contributed by atoms with Crippen LogP contribution in [0.25, 0.3) is 0 Å². The Morgan fingerprint density at radius 1 is 1.29 bits per heavy atom. The fraction of sp³-hybridized carbons (Fsp3) is 0.478. The number of anilines is 1. The first-order chi connectivity index (χ1) is 15.0. The minimum Gasteiger partial charge on any atom is -0.384 e. The zero-order valence-electron chi connectivity index (χ0n) is 17.9. The number of methoxy groups -OCH3 is 1. The summed E-state index contributed by atoms with van der Waals surface area (Å²) in [7, 11) is 1.58. The summed E-state index contributed by atoms with van der Waals surface area (Å²) < 4.78 is 19.1. The number of carbonyl (C=O) groups excluding carboxylic acids is 2. The van der Waals surface area contributed by atoms with Crippen LogP contribution in [0.4, 0.5) is 10.2 Å². The quantitative estimate of drug-likeness (QED) is 0.681. The average Bonchev–Trinajstić information content (AvgIpc) is 3.36. The zero-order chi connectivity index (χ0) is 22.0. The maximum Gasteiger partial charge on any atom is 0.232 e. The Bertz CT molecular complexity index is 997. The molecule has 1 fully saturated rings. The third kappa shape index (κ3) is 4.30. The van der Waals surface area contributed by atoms with Crippen molar-refractivity contribution in [2.24, 2.45) is 0 Å². The van der Waals surface area contributed by atoms with Crippen LogP contribution >= 0.6 is 0 Å². The first-order valence-electron chi connectivity index (χ1n) is 10.7. The van der Waals surface area contributed by atoms with Crippen LogP contribution in [0, 0.1) is 12.7 Å². The van der Waals surface area contributed by atoms with E-state index in [0.29, 0.717) is 49.7 Å². The van der Waals surface area contributed by atoms with E-state index < -0.39 is 0 Å². The molecule has 8 heteroatoms. The van der Waals surface area contributed by atoms with Crippen molar-refractivity contribution < 1.29 is 18.7 Å². The van der Waals surface area contributed by atoms with Crippen LogP contribution in [-0.2, 0) is 27.2 Å². The molecule has 2 aliphatic heterocycles. The van der Waals surface area contributed by atoms with Crippen molar-refractivity contribution in [1.82, 2.24) is 14.9 Å². The Morgan fingerprint density at radius 3 is 2.87 bits per heavy atom. The van der Waals surface area contributed by atoms with E-state index in [1.807, 2.05) is 11.8 Å². The van der Waals surface area contributed by atoms with Crippen molar-refractivity contribution in [3.63, 3.8) is 0 Å². The van der Waals surface area contributed by atoms with Gasteiger partial charge in [-0.25, -0.2) is 14.4 Å². The highest BCUT2D eigenvalue weighted by Crippen LogP contribution is 2.35. The smallest absolute Gasteiger partial charge is 0.232 e. The molecule has 164 valence electrons. The number of nitrogens with zero attached hydrogens (tertiary/aromatic N) is 4. The number of benzene rings is 1. The predicted octanol–water partition coefficient (Wildman–Crippen LogP) is 2.76. The third-order valence-corrected chi connectivity index (χ3v) is 6.05. The number of ether oxygens (including phenoxy) is 1. The van der Waals surface area contributed by atoms with Gasteiger partial charge in [0.05, 0.1) is 25.5 Å². The molecule has 1 atom stereocenters. The molecular weight excluding hydrogens is 399 g/mol. The number of likely N-dealkylation sites (tertiary alicyclic amines) is 1. The second-order valence-corrected chi connectivity index (χ2v) is 8.02. The number of fused-ring (bicyclic) bond motifs is 1. The molecule has 1 aromatic heterocycles. The molecule has 1 saturated heterocycles. The minimum atomic E-state index is -0.273. The molecule has 0 aliphatic carbocycles. The number of aromatic nitrogens is 2. The molecule has 1 aromatic carbocycles. The number of carbonyl (C=O) groups is 2. The van der Waals surface area contributed by atoms with Crippen LogP contribution in [0.2, 0.25) is 0 Å². The predicted molar refractivity (Wildman–Crippen MR) is 113 cm³/mol. The van der Waals surface area contributed by atoms with Gasteiger partial charge in [0.25, 0.3) is 0 Å². The van der Waals surface area contributed by atoms with Crippen LogP contribution in [0.15, 0.2) is 24.3 Å². The van der Waals surface area contributed by atoms with Crippen LogP contribution < -0.4 is 4.90 Å². The van der Waals surface area contributed by atoms with Crippen molar-refractivity contribution in [3.05, 3.63) is 52.7 Å². The van der Waals surface area contributed by atoms with E-state index in [2.05, 4.69) is 4.98 Å². The topological polar surface area (TPSA) is 75.6 Å². The lowest BCUT2D eigenvalue weighted by atomic mass is 10.1. The number of rotatable bonds is 7. The van der Waals surface area contributed by atoms with E-state index in [1.165, 1.54) is 6.07 Å². The lowest BCUT2D eigenvalue weighted by molar-refractivity contribution is -0.133. The highest BCUT2D eigenvalue weighted by atomic mass is 19.1. The summed E-state index contributed by atoms with van der Waals surface area (Å²) in [6.45, 7) is 3.28. The molecule has 4 rings (SSSR count). The Labute approximate surface area is 181 Å². The lowest BCUT2D eigenvalue weighted by Gasteiger charge is -2.25. The van der Waals surface area contributed by atoms with Gasteiger partial charge in [0, 0.05) is 31.5 Å². The standard InChI is InChI=1S/C23H27FN4O3/c1-15-17-14-21(30)28(12-9-16-6-3-4-7-18(16)24)23(17)26-22(25-15)19-8-5-11-27(19)20(29)10-13-31-2/h3-4,6-7,19H,5,8-14H2,1-2H3/t19-/m1/s1. The molecule has 3 heterocycles. The summed E-state index contributed by atoms with van der Waals surface area (Å²) in [6.07, 6.45) is 2.66. The monoisotopic (exact) mass is 426 g/mol. The van der Waals surface area contributed by atoms with E-state index in [1.54, 1.807) is 30.2 Å². The summed E-state index contributed by atoms with van der Waals surface area (Å²) in [4.78, 5) is 38.2. The second kappa shape index (κ2) is 9.09. The van der Waals surface area contributed by atoms with Crippen molar-refractivity contribution in [2.45, 2.75) is 45.1 Å². The molecule has 2 aromatic rings. The number of hydrogen-bond donors (Lipinski definition) is 0. The fourth-order valence-corrected chi connectivity index (χ4v) is 4.38. The van der Waals surface area contributed by atoms with Gasteiger partial charge in [-0.1, -0.05) is 18.2 Å². The van der Waals surface area contributed by atoms with Gasteiger partial charge in [-0.05, 0) is 37.8 Å². The van der Waals surface area contributed by atoms with Gasteiger partial charge in [0.2, 0.25) is 11.8 Å². The molecule has 0 radical (unpaired) electrons. The molecule has 0 N–H and O–H groups in total. The first-order valence-corrected chi connectivity index (χ1v) is 10.7. The van der Waals surface area contributed by atoms with Gasteiger partial charge >= 0.3 is 0 Å². The molecule has 7 nitrogen and oxygen atoms in total. The summed E-state index contributed by atoms with van der Waals surface area (Å²) >= 11 is 0. The van der Waals surface area contributed by atoms with Crippen LogP contribution in [-0.4, -0.2) is 53.5 Å². The van der Waals surface area contributed by atoms with E-state index in [4.69, 9.17) is 9.72 Å². The number of hydrogen-bond acceptors (Lipinski definition) is 5. The molecule has 2 aliphatic rings. The lowest BCUT2D eigenvalue weighted by Crippen LogP contribution is -2.33. The highest BCUT2D eigenvalue weighted by Gasteiger charge is 2.36. The second-order valence-electron chi connectivity index (χ2n) is 8.02. The van der Waals surface area contributed by atoms with Crippen LogP contribution in [0.3, 0.4) is 0 Å². The summed E-state index contributed by atoms with van der Waals surface area (Å²) in [5, 5.41) is 0. The third-order valence-electron chi connectivity index (χ3n) is 6.05. The maximum atomic E-state index is 14.0. The first kappa shape index (κ1) is 21.4. The minimum absolute atomic E-state index is 0.0265. The number of amides is 2. The van der Waals surface area contributed by atoms with Gasteiger partial charge in [-0.3, -0.25) is 14.5 Å². The fourth-order valence-electron chi connectivity index (χ4n) is 4.38. The van der Waals surface area contributed by atoms with Gasteiger partial charge in [0.1, 0.15) is 11.6 Å². The molecule has 0 unspecified atom stereocenters. The molecule has 0 spiro atoms. The van der Waals surface area contributed by atoms with Crippen LogP contribution in [0.1, 0.15) is 47.9 Å². The van der Waals surface area contributed by atoms with Crippen molar-refractivity contribution in [1.29, 1.82) is 0 Å². The Hall–Kier alpha value is -2.87. The van der Waals surface area contributed by atoms with E-state index in [0.717, 1.165) is 24.1 Å². The van der Waals surface area contributed by atoms with Crippen LogP contribution in [0.5, 0.6) is 0 Å². The Balaban J connectivity index is 1.58.